The highest BCUT2D eigenvalue weighted by Crippen LogP contribution is 2.46. The first kappa shape index (κ1) is 19.8. The molecule has 0 atom stereocenters. The Kier molecular flexibility index (Phi) is 5.26. The zero-order chi connectivity index (χ0) is 21.3. The summed E-state index contributed by atoms with van der Waals surface area (Å²) < 4.78 is 18.7. The van der Waals surface area contributed by atoms with Crippen molar-refractivity contribution in [3.05, 3.63) is 66.0 Å². The molecule has 160 valence electrons. The fourth-order valence-corrected chi connectivity index (χ4v) is 4.52. The van der Waals surface area contributed by atoms with Crippen LogP contribution in [0.1, 0.15) is 43.5 Å². The number of nitrogens with zero attached hydrogens (tertiary/aromatic N) is 4. The third kappa shape index (κ3) is 4.36. The molecule has 1 aromatic carbocycles. The van der Waals surface area contributed by atoms with Crippen LogP contribution in [0, 0.1) is 11.7 Å². The molecule has 7 heteroatoms. The van der Waals surface area contributed by atoms with Gasteiger partial charge in [0.1, 0.15) is 5.82 Å². The molecule has 31 heavy (non-hydrogen) atoms. The van der Waals surface area contributed by atoms with Gasteiger partial charge in [-0.15, -0.1) is 0 Å². The molecule has 0 bridgehead atoms. The number of likely N-dealkylation sites (tertiary alicyclic amines) is 1. The van der Waals surface area contributed by atoms with Gasteiger partial charge in [0.05, 0.1) is 6.42 Å². The van der Waals surface area contributed by atoms with E-state index in [2.05, 4.69) is 10.1 Å². The Hall–Kier alpha value is -3.09. The average Bonchev–Trinajstić information content (AvgIpc) is 3.46. The van der Waals surface area contributed by atoms with Crippen LogP contribution in [0.3, 0.4) is 0 Å². The van der Waals surface area contributed by atoms with Crippen LogP contribution in [0.5, 0.6) is 0 Å². The molecule has 1 aliphatic heterocycles. The number of rotatable bonds is 6. The van der Waals surface area contributed by atoms with Crippen molar-refractivity contribution in [1.29, 1.82) is 0 Å². The summed E-state index contributed by atoms with van der Waals surface area (Å²) >= 11 is 0. The summed E-state index contributed by atoms with van der Waals surface area (Å²) in [6.07, 6.45) is 8.93. The van der Waals surface area contributed by atoms with Crippen molar-refractivity contribution in [3.8, 4) is 11.5 Å². The van der Waals surface area contributed by atoms with Crippen molar-refractivity contribution in [1.82, 2.24) is 20.0 Å². The van der Waals surface area contributed by atoms with Crippen LogP contribution < -0.4 is 0 Å². The standard InChI is InChI=1S/C24H25FN4O2/c25-20-5-3-17(4-6-20)15-21(30)29-13-9-24(10-14-29,16-18-1-2-18)23-27-22(31-28-23)19-7-11-26-12-8-19/h3-8,11-12,18H,1-2,9-10,13-16H2. The minimum Gasteiger partial charge on any atom is -0.342 e. The highest BCUT2D eigenvalue weighted by molar-refractivity contribution is 5.78. The van der Waals surface area contributed by atoms with Crippen LogP contribution in [0.15, 0.2) is 53.3 Å². The summed E-state index contributed by atoms with van der Waals surface area (Å²) in [5, 5.41) is 4.37. The van der Waals surface area contributed by atoms with E-state index in [4.69, 9.17) is 9.51 Å². The highest BCUT2D eigenvalue weighted by atomic mass is 19.1. The van der Waals surface area contributed by atoms with Crippen LogP contribution in [-0.2, 0) is 16.6 Å². The van der Waals surface area contributed by atoms with Crippen molar-refractivity contribution in [2.24, 2.45) is 5.92 Å². The van der Waals surface area contributed by atoms with Crippen molar-refractivity contribution >= 4 is 5.91 Å². The van der Waals surface area contributed by atoms with E-state index >= 15 is 0 Å². The maximum Gasteiger partial charge on any atom is 0.258 e. The van der Waals surface area contributed by atoms with Gasteiger partial charge in [-0.1, -0.05) is 30.1 Å². The first-order valence-corrected chi connectivity index (χ1v) is 10.9. The van der Waals surface area contributed by atoms with E-state index in [1.54, 1.807) is 24.5 Å². The molecular weight excluding hydrogens is 395 g/mol. The maximum absolute atomic E-state index is 13.1. The normalized spacial score (nSPS) is 18.2. The Morgan fingerprint density at radius 3 is 2.48 bits per heavy atom. The highest BCUT2D eigenvalue weighted by Gasteiger charge is 2.44. The first-order chi connectivity index (χ1) is 15.1. The smallest absolute Gasteiger partial charge is 0.258 e. The molecule has 2 aromatic heterocycles. The summed E-state index contributed by atoms with van der Waals surface area (Å²) in [6.45, 7) is 1.34. The fourth-order valence-electron chi connectivity index (χ4n) is 4.52. The topological polar surface area (TPSA) is 72.1 Å². The van der Waals surface area contributed by atoms with E-state index in [1.165, 1.54) is 25.0 Å². The van der Waals surface area contributed by atoms with Gasteiger partial charge in [-0.05, 0) is 55.0 Å². The van der Waals surface area contributed by atoms with E-state index in [0.717, 1.165) is 36.2 Å². The molecule has 1 saturated carbocycles. The number of benzene rings is 1. The van der Waals surface area contributed by atoms with Crippen LogP contribution in [0.2, 0.25) is 0 Å². The molecule has 5 rings (SSSR count). The zero-order valence-electron chi connectivity index (χ0n) is 17.3. The molecule has 0 N–H and O–H groups in total. The molecule has 1 aliphatic carbocycles. The van der Waals surface area contributed by atoms with Gasteiger partial charge in [-0.2, -0.15) is 4.98 Å². The summed E-state index contributed by atoms with van der Waals surface area (Å²) in [6, 6.07) is 9.87. The molecule has 1 amide bonds. The number of amides is 1. The fraction of sp³-hybridized carbons (Fsp3) is 0.417. The van der Waals surface area contributed by atoms with Crippen LogP contribution in [-0.4, -0.2) is 39.0 Å². The number of piperidine rings is 1. The summed E-state index contributed by atoms with van der Waals surface area (Å²) in [5.41, 5.74) is 1.55. The quantitative estimate of drug-likeness (QED) is 0.598. The lowest BCUT2D eigenvalue weighted by Crippen LogP contribution is -2.46. The second-order valence-electron chi connectivity index (χ2n) is 8.77. The summed E-state index contributed by atoms with van der Waals surface area (Å²) in [7, 11) is 0. The van der Waals surface area contributed by atoms with Gasteiger partial charge in [0.15, 0.2) is 5.82 Å². The van der Waals surface area contributed by atoms with E-state index in [0.29, 0.717) is 31.3 Å². The maximum atomic E-state index is 13.1. The largest absolute Gasteiger partial charge is 0.342 e. The monoisotopic (exact) mass is 420 g/mol. The van der Waals surface area contributed by atoms with Gasteiger partial charge in [0.25, 0.3) is 5.89 Å². The first-order valence-electron chi connectivity index (χ1n) is 10.9. The minimum atomic E-state index is -0.287. The number of aromatic nitrogens is 3. The van der Waals surface area contributed by atoms with E-state index in [-0.39, 0.29) is 17.1 Å². The predicted octanol–water partition coefficient (Wildman–Crippen LogP) is 4.17. The summed E-state index contributed by atoms with van der Waals surface area (Å²) in [5.74, 6) is 1.78. The lowest BCUT2D eigenvalue weighted by Gasteiger charge is -2.40. The molecule has 0 radical (unpaired) electrons. The molecule has 3 aromatic rings. The van der Waals surface area contributed by atoms with Gasteiger partial charge >= 0.3 is 0 Å². The lowest BCUT2D eigenvalue weighted by atomic mass is 9.73. The Bertz CT molecular complexity index is 1040. The molecular formula is C24H25FN4O2. The van der Waals surface area contributed by atoms with Crippen molar-refractivity contribution in [2.45, 2.75) is 43.9 Å². The molecule has 3 heterocycles. The molecule has 6 nitrogen and oxygen atoms in total. The zero-order valence-corrected chi connectivity index (χ0v) is 17.3. The van der Waals surface area contributed by atoms with Crippen molar-refractivity contribution < 1.29 is 13.7 Å². The average molecular weight is 420 g/mol. The molecule has 2 fully saturated rings. The Labute approximate surface area is 180 Å². The number of carbonyl (C=O) groups excluding carboxylic acids is 1. The van der Waals surface area contributed by atoms with Crippen LogP contribution in [0.4, 0.5) is 4.39 Å². The van der Waals surface area contributed by atoms with E-state index in [1.807, 2.05) is 17.0 Å². The van der Waals surface area contributed by atoms with Gasteiger partial charge in [-0.25, -0.2) is 4.39 Å². The number of pyridine rings is 1. The van der Waals surface area contributed by atoms with Gasteiger partial charge < -0.3 is 9.42 Å². The minimum absolute atomic E-state index is 0.0808. The molecule has 0 spiro atoms. The second kappa shape index (κ2) is 8.21. The molecule has 1 saturated heterocycles. The number of hydrogen-bond acceptors (Lipinski definition) is 5. The third-order valence-electron chi connectivity index (χ3n) is 6.55. The van der Waals surface area contributed by atoms with E-state index in [9.17, 15) is 9.18 Å². The van der Waals surface area contributed by atoms with Crippen LogP contribution >= 0.6 is 0 Å². The van der Waals surface area contributed by atoms with Crippen molar-refractivity contribution in [2.75, 3.05) is 13.1 Å². The van der Waals surface area contributed by atoms with E-state index < -0.39 is 0 Å². The number of halogens is 1. The Balaban J connectivity index is 1.30. The SMILES string of the molecule is O=C(Cc1ccc(F)cc1)N1CCC(CC2CC2)(c2noc(-c3ccncc3)n2)CC1. The van der Waals surface area contributed by atoms with Gasteiger partial charge in [0, 0.05) is 36.5 Å². The third-order valence-corrected chi connectivity index (χ3v) is 6.55. The number of hydrogen-bond donors (Lipinski definition) is 0. The second-order valence-corrected chi connectivity index (χ2v) is 8.77. The van der Waals surface area contributed by atoms with Crippen molar-refractivity contribution in [3.63, 3.8) is 0 Å². The number of carbonyl (C=O) groups is 1. The van der Waals surface area contributed by atoms with Crippen LogP contribution in [0.25, 0.3) is 11.5 Å². The molecule has 0 unspecified atom stereocenters. The summed E-state index contributed by atoms with van der Waals surface area (Å²) in [4.78, 5) is 23.5. The lowest BCUT2D eigenvalue weighted by molar-refractivity contribution is -0.132. The Morgan fingerprint density at radius 1 is 1.10 bits per heavy atom. The predicted molar refractivity (Wildman–Crippen MR) is 112 cm³/mol. The Morgan fingerprint density at radius 2 is 1.81 bits per heavy atom. The van der Waals surface area contributed by atoms with Gasteiger partial charge in [-0.3, -0.25) is 9.78 Å². The van der Waals surface area contributed by atoms with Gasteiger partial charge in [0.2, 0.25) is 5.91 Å². The molecule has 2 aliphatic rings.